The van der Waals surface area contributed by atoms with Crippen LogP contribution in [-0.4, -0.2) is 34.2 Å². The molecule has 0 amide bonds. The van der Waals surface area contributed by atoms with E-state index in [9.17, 15) is 5.11 Å². The van der Waals surface area contributed by atoms with Crippen LogP contribution in [0.4, 0.5) is 0 Å². The van der Waals surface area contributed by atoms with Crippen molar-refractivity contribution in [2.24, 2.45) is 5.92 Å². The van der Waals surface area contributed by atoms with E-state index in [1.54, 1.807) is 0 Å². The lowest BCUT2D eigenvalue weighted by Gasteiger charge is -2.19. The summed E-state index contributed by atoms with van der Waals surface area (Å²) in [6, 6.07) is 0. The molecule has 3 unspecified atom stereocenters. The molecule has 1 fully saturated rings. The number of aliphatic hydroxyl groups excluding tert-OH is 2. The van der Waals surface area contributed by atoms with E-state index in [0.717, 1.165) is 0 Å². The zero-order valence-corrected chi connectivity index (χ0v) is 7.95. The number of rotatable bonds is 3. The second-order valence-electron chi connectivity index (χ2n) is 2.98. The highest BCUT2D eigenvalue weighted by molar-refractivity contribution is 7.99. The minimum Gasteiger partial charge on any atom is -0.368 e. The Bertz CT molecular complexity index is 141. The van der Waals surface area contributed by atoms with Gasteiger partial charge in [-0.3, -0.25) is 0 Å². The van der Waals surface area contributed by atoms with Gasteiger partial charge in [0.1, 0.15) is 0 Å². The van der Waals surface area contributed by atoms with Crippen LogP contribution in [0.15, 0.2) is 0 Å². The first-order valence-electron chi connectivity index (χ1n) is 3.88. The van der Waals surface area contributed by atoms with Crippen LogP contribution >= 0.6 is 11.8 Å². The molecule has 1 heterocycles. The summed E-state index contributed by atoms with van der Waals surface area (Å²) in [5.41, 5.74) is -0.811. The van der Waals surface area contributed by atoms with E-state index in [1.807, 2.05) is 13.8 Å². The van der Waals surface area contributed by atoms with Crippen LogP contribution in [0.1, 0.15) is 13.8 Å². The van der Waals surface area contributed by atoms with Crippen LogP contribution in [0.5, 0.6) is 0 Å². The molecule has 0 aromatic heterocycles. The molecule has 1 aliphatic rings. The molecule has 3 atom stereocenters. The van der Waals surface area contributed by atoms with Crippen LogP contribution < -0.4 is 0 Å². The van der Waals surface area contributed by atoms with E-state index in [1.165, 1.54) is 11.8 Å². The second-order valence-corrected chi connectivity index (χ2v) is 4.05. The summed E-state index contributed by atoms with van der Waals surface area (Å²) in [5, 5.41) is 18.2. The summed E-state index contributed by atoms with van der Waals surface area (Å²) in [4.78, 5) is 0. The molecule has 0 aromatic rings. The highest BCUT2D eigenvalue weighted by atomic mass is 32.2. The minimum absolute atomic E-state index is 0.0383. The third-order valence-electron chi connectivity index (χ3n) is 1.50. The summed E-state index contributed by atoms with van der Waals surface area (Å²) in [7, 11) is 0. The predicted molar refractivity (Wildman–Crippen MR) is 45.3 cm³/mol. The van der Waals surface area contributed by atoms with Crippen LogP contribution in [0.25, 0.3) is 0 Å². The highest BCUT2D eigenvalue weighted by Gasteiger charge is 2.27. The van der Waals surface area contributed by atoms with Crippen molar-refractivity contribution in [3.05, 3.63) is 0 Å². The van der Waals surface area contributed by atoms with E-state index in [4.69, 9.17) is 14.6 Å². The zero-order valence-electron chi connectivity index (χ0n) is 7.14. The van der Waals surface area contributed by atoms with Gasteiger partial charge in [-0.25, -0.2) is 0 Å². The number of aliphatic hydroxyl groups is 2. The van der Waals surface area contributed by atoms with Crippen molar-refractivity contribution in [2.75, 3.05) is 5.75 Å². The fourth-order valence-electron chi connectivity index (χ4n) is 0.753. The second kappa shape index (κ2) is 4.43. The Labute approximate surface area is 75.9 Å². The van der Waals surface area contributed by atoms with E-state index in [2.05, 4.69) is 0 Å². The average molecular weight is 194 g/mol. The predicted octanol–water partition coefficient (Wildman–Crippen LogP) is 0.343. The molecular formula is C7H14O4S. The maximum atomic E-state index is 9.28. The molecule has 1 rings (SSSR count). The van der Waals surface area contributed by atoms with E-state index in [0.29, 0.717) is 5.75 Å². The standard InChI is InChI=1S/C7H14O4S/c1-4(2)6(8)10-5-3-12-7(9)11-5/h4-9H,3H2,1-2H3. The fourth-order valence-corrected chi connectivity index (χ4v) is 1.43. The SMILES string of the molecule is CC(C)C(O)OC1CSC(O)O1. The Hall–Kier alpha value is 0.190. The Kier molecular flexibility index (Phi) is 3.79. The summed E-state index contributed by atoms with van der Waals surface area (Å²) >= 11 is 1.26. The third kappa shape index (κ3) is 2.91. The number of thioether (sulfide) groups is 1. The lowest BCUT2D eigenvalue weighted by molar-refractivity contribution is -0.249. The molecule has 12 heavy (non-hydrogen) atoms. The van der Waals surface area contributed by atoms with Crippen LogP contribution in [-0.2, 0) is 9.47 Å². The maximum absolute atomic E-state index is 9.28. The summed E-state index contributed by atoms with van der Waals surface area (Å²) in [5.74, 6) is 0.599. The molecule has 0 bridgehead atoms. The van der Waals surface area contributed by atoms with E-state index in [-0.39, 0.29) is 5.92 Å². The van der Waals surface area contributed by atoms with Gasteiger partial charge in [-0.15, -0.1) is 0 Å². The molecule has 0 saturated carbocycles. The van der Waals surface area contributed by atoms with Gasteiger partial charge in [0.2, 0.25) is 5.62 Å². The topological polar surface area (TPSA) is 58.9 Å². The molecule has 4 nitrogen and oxygen atoms in total. The van der Waals surface area contributed by atoms with Crippen molar-refractivity contribution < 1.29 is 19.7 Å². The van der Waals surface area contributed by atoms with Crippen LogP contribution in [0, 0.1) is 5.92 Å². The lowest BCUT2D eigenvalue weighted by atomic mass is 10.2. The van der Waals surface area contributed by atoms with Crippen LogP contribution in [0.3, 0.4) is 0 Å². The first kappa shape index (κ1) is 10.3. The molecular weight excluding hydrogens is 180 g/mol. The number of hydrogen-bond acceptors (Lipinski definition) is 5. The number of ether oxygens (including phenoxy) is 2. The van der Waals surface area contributed by atoms with Crippen molar-refractivity contribution in [2.45, 2.75) is 32.0 Å². The summed E-state index contributed by atoms with van der Waals surface area (Å²) < 4.78 is 10.0. The normalized spacial score (nSPS) is 32.8. The molecule has 0 radical (unpaired) electrons. The summed E-state index contributed by atoms with van der Waals surface area (Å²) in [6.45, 7) is 3.70. The highest BCUT2D eigenvalue weighted by Crippen LogP contribution is 2.24. The Morgan fingerprint density at radius 2 is 2.25 bits per heavy atom. The molecule has 1 aliphatic heterocycles. The van der Waals surface area contributed by atoms with Gasteiger partial charge < -0.3 is 19.7 Å². The molecule has 2 N–H and O–H groups in total. The van der Waals surface area contributed by atoms with Crippen molar-refractivity contribution in [3.8, 4) is 0 Å². The lowest BCUT2D eigenvalue weighted by Crippen LogP contribution is -2.27. The van der Waals surface area contributed by atoms with Gasteiger partial charge in [-0.05, 0) is 0 Å². The van der Waals surface area contributed by atoms with Crippen molar-refractivity contribution in [3.63, 3.8) is 0 Å². The molecule has 5 heteroatoms. The zero-order chi connectivity index (χ0) is 9.14. The third-order valence-corrected chi connectivity index (χ3v) is 2.37. The van der Waals surface area contributed by atoms with Gasteiger partial charge in [0.05, 0.1) is 0 Å². The van der Waals surface area contributed by atoms with Gasteiger partial charge in [0, 0.05) is 11.7 Å². The smallest absolute Gasteiger partial charge is 0.207 e. The van der Waals surface area contributed by atoms with Crippen molar-refractivity contribution in [1.82, 2.24) is 0 Å². The van der Waals surface area contributed by atoms with E-state index >= 15 is 0 Å². The van der Waals surface area contributed by atoms with E-state index < -0.39 is 18.2 Å². The maximum Gasteiger partial charge on any atom is 0.207 e. The molecule has 0 aromatic carbocycles. The van der Waals surface area contributed by atoms with Gasteiger partial charge in [-0.2, -0.15) is 0 Å². The monoisotopic (exact) mass is 194 g/mol. The van der Waals surface area contributed by atoms with Gasteiger partial charge in [0.15, 0.2) is 12.6 Å². The molecule has 0 spiro atoms. The fraction of sp³-hybridized carbons (Fsp3) is 1.00. The average Bonchev–Trinajstić information content (AvgIpc) is 2.35. The first-order chi connectivity index (χ1) is 5.59. The van der Waals surface area contributed by atoms with Gasteiger partial charge in [-0.1, -0.05) is 25.6 Å². The molecule has 72 valence electrons. The minimum atomic E-state index is -0.819. The summed E-state index contributed by atoms with van der Waals surface area (Å²) in [6.07, 6.45) is -1.30. The van der Waals surface area contributed by atoms with Gasteiger partial charge >= 0.3 is 0 Å². The first-order valence-corrected chi connectivity index (χ1v) is 4.93. The van der Waals surface area contributed by atoms with Crippen molar-refractivity contribution >= 4 is 11.8 Å². The Balaban J connectivity index is 2.23. The Morgan fingerprint density at radius 1 is 1.58 bits per heavy atom. The van der Waals surface area contributed by atoms with Crippen molar-refractivity contribution in [1.29, 1.82) is 0 Å². The largest absolute Gasteiger partial charge is 0.368 e. The Morgan fingerprint density at radius 3 is 2.67 bits per heavy atom. The van der Waals surface area contributed by atoms with Gasteiger partial charge in [0.25, 0.3) is 0 Å². The molecule has 1 saturated heterocycles. The number of hydrogen-bond donors (Lipinski definition) is 2. The molecule has 0 aliphatic carbocycles. The van der Waals surface area contributed by atoms with Crippen LogP contribution in [0.2, 0.25) is 0 Å². The quantitative estimate of drug-likeness (QED) is 0.635.